The minimum absolute atomic E-state index is 0.274. The Morgan fingerprint density at radius 1 is 0.893 bits per heavy atom. The van der Waals surface area contributed by atoms with Crippen molar-refractivity contribution in [2.45, 2.75) is 92.4 Å². The number of hydrogen-bond donors (Lipinski definition) is 2. The molecule has 0 saturated carbocycles. The zero-order valence-electron chi connectivity index (χ0n) is 19.1. The quantitative estimate of drug-likeness (QED) is 0.0746. The maximum Gasteiger partial charge on any atom is 0.191 e. The highest BCUT2D eigenvalue weighted by molar-refractivity contribution is 8.76. The van der Waals surface area contributed by atoms with E-state index >= 15 is 0 Å². The summed E-state index contributed by atoms with van der Waals surface area (Å²) in [6, 6.07) is 1.64. The molecule has 0 atom stereocenters. The van der Waals surface area contributed by atoms with Gasteiger partial charge in [-0.15, -0.1) is 0 Å². The smallest absolute Gasteiger partial charge is 0.191 e. The number of nitrogens with two attached hydrogens (primary N) is 1. The lowest BCUT2D eigenvalue weighted by Gasteiger charge is -2.45. The van der Waals surface area contributed by atoms with Gasteiger partial charge in [-0.3, -0.25) is 5.41 Å². The topological polar surface area (TPSA) is 74.8 Å². The van der Waals surface area contributed by atoms with Crippen molar-refractivity contribution in [3.63, 3.8) is 0 Å². The summed E-state index contributed by atoms with van der Waals surface area (Å²) in [6.07, 6.45) is 1.65. The Kier molecular flexibility index (Phi) is 16.4. The van der Waals surface area contributed by atoms with Crippen molar-refractivity contribution in [2.75, 3.05) is 24.9 Å². The molecule has 0 aliphatic rings. The molecule has 0 heterocycles. The molecule has 3 N–H and O–H groups in total. The van der Waals surface area contributed by atoms with Gasteiger partial charge in [0.05, 0.1) is 12.4 Å². The van der Waals surface area contributed by atoms with Gasteiger partial charge in [-0.25, -0.2) is 9.34 Å². The summed E-state index contributed by atoms with van der Waals surface area (Å²) in [5.41, 5.74) is 5.36. The van der Waals surface area contributed by atoms with Crippen LogP contribution in [0, 0.1) is 5.41 Å². The molecule has 28 heavy (non-hydrogen) atoms. The predicted octanol–water partition coefficient (Wildman–Crippen LogP) is 5.54. The van der Waals surface area contributed by atoms with Gasteiger partial charge in [0.2, 0.25) is 0 Å². The van der Waals surface area contributed by atoms with Crippen LogP contribution in [0.25, 0.3) is 0 Å². The van der Waals surface area contributed by atoms with E-state index in [1.807, 2.05) is 10.8 Å². The molecule has 0 radical (unpaired) electrons. The van der Waals surface area contributed by atoms with Crippen LogP contribution in [0.2, 0.25) is 0 Å². The lowest BCUT2D eigenvalue weighted by molar-refractivity contribution is 0.0155. The number of nitrogens with zero attached hydrogens (tertiary/aromatic N) is 2. The van der Waals surface area contributed by atoms with Crippen LogP contribution in [-0.4, -0.2) is 64.2 Å². The average Bonchev–Trinajstić information content (AvgIpc) is 2.54. The monoisotopic (exact) mass is 454 g/mol. The summed E-state index contributed by atoms with van der Waals surface area (Å²) in [5.74, 6) is 2.22. The van der Waals surface area contributed by atoms with E-state index in [0.717, 1.165) is 17.9 Å². The molecule has 0 bridgehead atoms. The highest BCUT2D eigenvalue weighted by Gasteiger charge is 2.34. The van der Waals surface area contributed by atoms with Gasteiger partial charge in [-0.05, 0) is 61.8 Å². The molecular formula is C19H43N4O2PS2. The summed E-state index contributed by atoms with van der Waals surface area (Å²) in [4.78, 5) is 0. The Morgan fingerprint density at radius 2 is 1.36 bits per heavy atom. The van der Waals surface area contributed by atoms with Gasteiger partial charge in [0, 0.05) is 42.1 Å². The summed E-state index contributed by atoms with van der Waals surface area (Å²) in [6.45, 7) is 18.9. The van der Waals surface area contributed by atoms with Crippen LogP contribution in [0.5, 0.6) is 0 Å². The molecule has 0 fully saturated rings. The van der Waals surface area contributed by atoms with Crippen LogP contribution < -0.4 is 5.73 Å². The third-order valence-electron chi connectivity index (χ3n) is 3.83. The summed E-state index contributed by atoms with van der Waals surface area (Å²) in [5, 5.41) is 7.21. The van der Waals surface area contributed by atoms with Crippen molar-refractivity contribution in [3.8, 4) is 0 Å². The maximum absolute atomic E-state index is 7.21. The first-order chi connectivity index (χ1) is 13.1. The van der Waals surface area contributed by atoms with Crippen LogP contribution in [-0.2, 0) is 9.26 Å². The highest BCUT2D eigenvalue weighted by Crippen LogP contribution is 2.50. The first kappa shape index (κ1) is 28.4. The SMILES string of the molecule is CC(C)N(C(C)C)P(OCOCCSSCCCC(=N)N)N(C(C)C)C(C)C. The first-order valence-electron chi connectivity index (χ1n) is 10.2. The second kappa shape index (κ2) is 16.2. The Hall–Kier alpha value is 0.440. The van der Waals surface area contributed by atoms with Gasteiger partial charge in [-0.2, -0.15) is 0 Å². The van der Waals surface area contributed by atoms with Gasteiger partial charge in [0.25, 0.3) is 0 Å². The Labute approximate surface area is 182 Å². The van der Waals surface area contributed by atoms with Crippen LogP contribution in [0.1, 0.15) is 68.2 Å². The van der Waals surface area contributed by atoms with Crippen molar-refractivity contribution in [2.24, 2.45) is 5.73 Å². The largest absolute Gasteiger partial charge is 0.388 e. The van der Waals surface area contributed by atoms with E-state index in [-0.39, 0.29) is 5.84 Å². The van der Waals surface area contributed by atoms with Gasteiger partial charge in [0.15, 0.2) is 15.2 Å². The average molecular weight is 455 g/mol. The van der Waals surface area contributed by atoms with Crippen molar-refractivity contribution >= 4 is 35.9 Å². The van der Waals surface area contributed by atoms with Gasteiger partial charge < -0.3 is 15.0 Å². The molecule has 0 amide bonds. The molecule has 0 aromatic heterocycles. The minimum Gasteiger partial charge on any atom is -0.388 e. The van der Waals surface area contributed by atoms with E-state index in [1.54, 1.807) is 10.8 Å². The molecular weight excluding hydrogens is 411 g/mol. The fourth-order valence-electron chi connectivity index (χ4n) is 2.91. The van der Waals surface area contributed by atoms with Crippen LogP contribution in [0.4, 0.5) is 0 Å². The van der Waals surface area contributed by atoms with Crippen molar-refractivity contribution in [1.29, 1.82) is 5.41 Å². The molecule has 0 aliphatic heterocycles. The van der Waals surface area contributed by atoms with Gasteiger partial charge >= 0.3 is 0 Å². The van der Waals surface area contributed by atoms with E-state index < -0.39 is 8.45 Å². The fraction of sp³-hybridized carbons (Fsp3) is 0.947. The standard InChI is InChI=1S/C19H43N4O2PS2/c1-15(2)22(16(3)4)26(23(17(5)6)18(7)8)25-14-24-11-13-28-27-12-9-10-19(20)21/h15-18H,9-14H2,1-8H3,(H3,20,21). The van der Waals surface area contributed by atoms with Crippen molar-refractivity contribution < 1.29 is 9.26 Å². The fourth-order valence-corrected chi connectivity index (χ4v) is 7.11. The number of hydrogen-bond acceptors (Lipinski definition) is 7. The molecule has 0 spiro atoms. The molecule has 0 aliphatic carbocycles. The number of amidine groups is 1. The molecule has 0 saturated heterocycles. The number of rotatable bonds is 17. The van der Waals surface area contributed by atoms with E-state index in [0.29, 0.717) is 44.0 Å². The van der Waals surface area contributed by atoms with E-state index in [1.165, 1.54) is 0 Å². The van der Waals surface area contributed by atoms with Crippen LogP contribution in [0.15, 0.2) is 0 Å². The van der Waals surface area contributed by atoms with Crippen molar-refractivity contribution in [1.82, 2.24) is 9.34 Å². The third kappa shape index (κ3) is 12.2. The number of ether oxygens (including phenoxy) is 1. The molecule has 6 nitrogen and oxygen atoms in total. The molecule has 168 valence electrons. The molecule has 9 heteroatoms. The molecule has 0 aromatic carbocycles. The second-order valence-electron chi connectivity index (χ2n) is 7.82. The van der Waals surface area contributed by atoms with Crippen LogP contribution in [0.3, 0.4) is 0 Å². The van der Waals surface area contributed by atoms with Crippen molar-refractivity contribution in [3.05, 3.63) is 0 Å². The predicted molar refractivity (Wildman–Crippen MR) is 129 cm³/mol. The lowest BCUT2D eigenvalue weighted by atomic mass is 10.3. The molecule has 0 aromatic rings. The summed E-state index contributed by atoms with van der Waals surface area (Å²) in [7, 11) is 2.74. The van der Waals surface area contributed by atoms with Gasteiger partial charge in [-0.1, -0.05) is 21.6 Å². The summed E-state index contributed by atoms with van der Waals surface area (Å²) >= 11 is 0. The third-order valence-corrected chi connectivity index (χ3v) is 9.26. The van der Waals surface area contributed by atoms with E-state index in [4.69, 9.17) is 20.4 Å². The summed E-state index contributed by atoms with van der Waals surface area (Å²) < 4.78 is 17.0. The minimum atomic E-state index is -0.886. The van der Waals surface area contributed by atoms with Crippen LogP contribution >= 0.6 is 30.0 Å². The Bertz CT molecular complexity index is 379. The lowest BCUT2D eigenvalue weighted by Crippen LogP contribution is -2.43. The Balaban J connectivity index is 4.45. The zero-order valence-corrected chi connectivity index (χ0v) is 21.6. The van der Waals surface area contributed by atoms with E-state index in [9.17, 15) is 0 Å². The normalized spacial score (nSPS) is 12.7. The maximum atomic E-state index is 7.21. The molecule has 0 rings (SSSR count). The highest BCUT2D eigenvalue weighted by atomic mass is 33.1. The van der Waals surface area contributed by atoms with Gasteiger partial charge in [0.1, 0.15) is 0 Å². The second-order valence-corrected chi connectivity index (χ2v) is 12.2. The zero-order chi connectivity index (χ0) is 21.7. The molecule has 0 unspecified atom stereocenters. The number of nitrogens with one attached hydrogen (secondary N) is 1. The Morgan fingerprint density at radius 3 is 1.79 bits per heavy atom. The first-order valence-corrected chi connectivity index (χ1v) is 13.9. The van der Waals surface area contributed by atoms with E-state index in [2.05, 4.69) is 64.7 Å².